The van der Waals surface area contributed by atoms with Gasteiger partial charge in [0.25, 0.3) is 10.0 Å². The van der Waals surface area contributed by atoms with Crippen LogP contribution < -0.4 is 4.72 Å². The van der Waals surface area contributed by atoms with E-state index in [1.807, 2.05) is 4.72 Å². The Morgan fingerprint density at radius 1 is 1.00 bits per heavy atom. The van der Waals surface area contributed by atoms with Crippen molar-refractivity contribution in [3.05, 3.63) is 87.2 Å². The van der Waals surface area contributed by atoms with Crippen LogP contribution in [-0.2, 0) is 16.2 Å². The van der Waals surface area contributed by atoms with Gasteiger partial charge >= 0.3 is 12.1 Å². The Kier molecular flexibility index (Phi) is 6.68. The molecule has 0 spiro atoms. The van der Waals surface area contributed by atoms with Gasteiger partial charge < -0.3 is 5.11 Å². The number of hydrogen-bond acceptors (Lipinski definition) is 5. The molecule has 0 atom stereocenters. The monoisotopic (exact) mass is 518 g/mol. The number of nitrogens with zero attached hydrogens (tertiary/aromatic N) is 1. The smallest absolute Gasteiger partial charge is 0.417 e. The number of carbonyl (C=O) groups excluding carboxylic acids is 1. The first-order chi connectivity index (χ1) is 15.3. The van der Waals surface area contributed by atoms with Crippen LogP contribution in [0.25, 0.3) is 0 Å². The Labute approximate surface area is 194 Å². The zero-order chi connectivity index (χ0) is 24.6. The minimum atomic E-state index is -4.91. The second-order valence-corrected chi connectivity index (χ2v) is 9.04. The van der Waals surface area contributed by atoms with E-state index in [0.717, 1.165) is 30.5 Å². The molecule has 33 heavy (non-hydrogen) atoms. The van der Waals surface area contributed by atoms with Crippen molar-refractivity contribution in [2.45, 2.75) is 11.1 Å². The molecule has 2 aromatic carbocycles. The Bertz CT molecular complexity index is 1380. The van der Waals surface area contributed by atoms with Crippen molar-refractivity contribution >= 4 is 50.7 Å². The van der Waals surface area contributed by atoms with E-state index in [1.54, 1.807) is 0 Å². The number of carboxylic acid groups (broad SMARTS) is 1. The van der Waals surface area contributed by atoms with Crippen molar-refractivity contribution in [3.63, 3.8) is 0 Å². The number of benzene rings is 2. The van der Waals surface area contributed by atoms with Gasteiger partial charge in [-0.1, -0.05) is 35.3 Å². The lowest BCUT2D eigenvalue weighted by Crippen LogP contribution is -2.18. The lowest BCUT2D eigenvalue weighted by atomic mass is 10.0. The van der Waals surface area contributed by atoms with Crippen molar-refractivity contribution in [2.24, 2.45) is 0 Å². The molecule has 3 aromatic rings. The van der Waals surface area contributed by atoms with E-state index in [2.05, 4.69) is 4.98 Å². The summed E-state index contributed by atoms with van der Waals surface area (Å²) < 4.78 is 67.0. The number of carbonyl (C=O) groups is 2. The molecule has 7 nitrogen and oxygen atoms in total. The first-order valence-electron chi connectivity index (χ1n) is 8.73. The van der Waals surface area contributed by atoms with E-state index >= 15 is 0 Å². The van der Waals surface area contributed by atoms with Crippen molar-refractivity contribution in [3.8, 4) is 0 Å². The molecule has 2 N–H and O–H groups in total. The van der Waals surface area contributed by atoms with Crippen molar-refractivity contribution in [1.29, 1.82) is 0 Å². The maximum absolute atomic E-state index is 13.1. The number of sulfonamides is 1. The molecular formula is C20H11Cl2F3N2O5S. The Hall–Kier alpha value is -3.15. The summed E-state index contributed by atoms with van der Waals surface area (Å²) in [5.41, 5.74) is -2.54. The highest BCUT2D eigenvalue weighted by molar-refractivity contribution is 7.92. The second-order valence-electron chi connectivity index (χ2n) is 6.51. The lowest BCUT2D eigenvalue weighted by Gasteiger charge is -2.14. The Morgan fingerprint density at radius 2 is 1.67 bits per heavy atom. The van der Waals surface area contributed by atoms with Crippen LogP contribution in [-0.4, -0.2) is 30.3 Å². The highest BCUT2D eigenvalue weighted by Gasteiger charge is 2.34. The quantitative estimate of drug-likeness (QED) is 0.437. The fourth-order valence-electron chi connectivity index (χ4n) is 2.72. The Morgan fingerprint density at radius 3 is 2.30 bits per heavy atom. The van der Waals surface area contributed by atoms with Crippen LogP contribution in [0.5, 0.6) is 0 Å². The van der Waals surface area contributed by atoms with E-state index in [9.17, 15) is 31.2 Å². The number of carboxylic acids is 1. The summed E-state index contributed by atoms with van der Waals surface area (Å²) in [5.74, 6) is -2.14. The average molecular weight is 519 g/mol. The summed E-state index contributed by atoms with van der Waals surface area (Å²) in [6.45, 7) is 0. The number of ketones is 1. The molecule has 0 aliphatic carbocycles. The predicted octanol–water partition coefficient (Wildman–Crippen LogP) is 5.14. The van der Waals surface area contributed by atoms with E-state index in [1.165, 1.54) is 18.2 Å². The zero-order valence-corrected chi connectivity index (χ0v) is 18.3. The molecule has 0 saturated heterocycles. The summed E-state index contributed by atoms with van der Waals surface area (Å²) in [7, 11) is -4.64. The number of anilines is 1. The van der Waals surface area contributed by atoms with Gasteiger partial charge in [-0.15, -0.1) is 0 Å². The van der Waals surface area contributed by atoms with Crippen LogP contribution in [0.4, 0.5) is 18.9 Å². The van der Waals surface area contributed by atoms with Crippen molar-refractivity contribution in [2.75, 3.05) is 4.72 Å². The third kappa shape index (κ3) is 5.44. The lowest BCUT2D eigenvalue weighted by molar-refractivity contribution is -0.137. The van der Waals surface area contributed by atoms with E-state index < -0.39 is 54.8 Å². The second kappa shape index (κ2) is 9.00. The maximum Gasteiger partial charge on any atom is 0.417 e. The third-order valence-electron chi connectivity index (χ3n) is 4.24. The number of hydrogen-bond donors (Lipinski definition) is 2. The molecule has 0 amide bonds. The molecule has 0 unspecified atom stereocenters. The van der Waals surface area contributed by atoms with Gasteiger partial charge in [0.15, 0.2) is 0 Å². The van der Waals surface area contributed by atoms with E-state index in [-0.39, 0.29) is 16.1 Å². The van der Waals surface area contributed by atoms with Crippen molar-refractivity contribution < 1.29 is 36.3 Å². The summed E-state index contributed by atoms with van der Waals surface area (Å²) in [4.78, 5) is 27.1. The molecule has 0 radical (unpaired) electrons. The summed E-state index contributed by atoms with van der Waals surface area (Å²) in [6, 6.07) is 7.93. The van der Waals surface area contributed by atoms with E-state index in [0.29, 0.717) is 6.07 Å². The molecular weight excluding hydrogens is 508 g/mol. The Balaban J connectivity index is 2.05. The topological polar surface area (TPSA) is 113 Å². The third-order valence-corrected chi connectivity index (χ3v) is 6.14. The van der Waals surface area contributed by atoms with Crippen LogP contribution in [0, 0.1) is 0 Å². The van der Waals surface area contributed by atoms with Gasteiger partial charge in [-0.25, -0.2) is 18.2 Å². The number of rotatable bonds is 6. The number of halogens is 5. The van der Waals surface area contributed by atoms with Crippen LogP contribution >= 0.6 is 23.2 Å². The summed E-state index contributed by atoms with van der Waals surface area (Å²) in [5, 5.41) is 8.34. The standard InChI is InChI=1S/C20H11Cl2F3N2O5S/c21-12-7-16(17(26-9-12)18(28)10-2-1-3-11(6-10)19(29)30)27-33(31,32)13-4-5-15(22)14(8-13)20(23,24)25/h1-9,27H,(H,29,30). The van der Waals surface area contributed by atoms with Crippen molar-refractivity contribution in [1.82, 2.24) is 4.98 Å². The van der Waals surface area contributed by atoms with Gasteiger partial charge in [0, 0.05) is 11.8 Å². The molecule has 0 saturated carbocycles. The molecule has 0 aliphatic rings. The molecule has 172 valence electrons. The molecule has 0 fully saturated rings. The highest BCUT2D eigenvalue weighted by Crippen LogP contribution is 2.36. The summed E-state index contributed by atoms with van der Waals surface area (Å²) >= 11 is 11.4. The largest absolute Gasteiger partial charge is 0.478 e. The van der Waals surface area contributed by atoms with Crippen LogP contribution in [0.15, 0.2) is 59.6 Å². The predicted molar refractivity (Wildman–Crippen MR) is 113 cm³/mol. The minimum Gasteiger partial charge on any atom is -0.478 e. The SMILES string of the molecule is O=C(O)c1cccc(C(=O)c2ncc(Cl)cc2NS(=O)(=O)c2ccc(Cl)c(C(F)(F)F)c2)c1. The van der Waals surface area contributed by atoms with Gasteiger partial charge in [-0.3, -0.25) is 9.52 Å². The van der Waals surface area contributed by atoms with Gasteiger partial charge in [-0.2, -0.15) is 13.2 Å². The number of nitrogens with one attached hydrogen (secondary N) is 1. The normalized spacial score (nSPS) is 11.8. The van der Waals surface area contributed by atoms with E-state index in [4.69, 9.17) is 28.3 Å². The molecule has 3 rings (SSSR count). The fourth-order valence-corrected chi connectivity index (χ4v) is 4.19. The fraction of sp³-hybridized carbons (Fsp3) is 0.0500. The number of aromatic carboxylic acids is 1. The molecule has 0 aliphatic heterocycles. The average Bonchev–Trinajstić information content (AvgIpc) is 2.72. The van der Waals surface area contributed by atoms with Gasteiger partial charge in [-0.05, 0) is 36.4 Å². The molecule has 13 heteroatoms. The molecule has 1 heterocycles. The zero-order valence-electron chi connectivity index (χ0n) is 16.0. The first-order valence-corrected chi connectivity index (χ1v) is 11.0. The summed E-state index contributed by atoms with van der Waals surface area (Å²) in [6.07, 6.45) is -3.85. The van der Waals surface area contributed by atoms with Gasteiger partial charge in [0.2, 0.25) is 5.78 Å². The minimum absolute atomic E-state index is 0.0735. The molecule has 1 aromatic heterocycles. The van der Waals surface area contributed by atoms with Gasteiger partial charge in [0.05, 0.1) is 31.8 Å². The molecule has 0 bridgehead atoms. The maximum atomic E-state index is 13.1. The number of alkyl halides is 3. The highest BCUT2D eigenvalue weighted by atomic mass is 35.5. The number of aromatic nitrogens is 1. The van der Waals surface area contributed by atoms with Gasteiger partial charge in [0.1, 0.15) is 5.69 Å². The first kappa shape index (κ1) is 24.5. The number of pyridine rings is 1. The van der Waals surface area contributed by atoms with Crippen LogP contribution in [0.1, 0.15) is 32.0 Å². The van der Waals surface area contributed by atoms with Crippen LogP contribution in [0.3, 0.4) is 0 Å². The van der Waals surface area contributed by atoms with Crippen LogP contribution in [0.2, 0.25) is 10.0 Å².